The number of rotatable bonds is 5. The van der Waals surface area contributed by atoms with Crippen LogP contribution in [0.25, 0.3) is 5.65 Å². The first-order valence-electron chi connectivity index (χ1n) is 7.23. The summed E-state index contributed by atoms with van der Waals surface area (Å²) in [6.07, 6.45) is -1.69. The molecule has 2 heterocycles. The third-order valence-electron chi connectivity index (χ3n) is 3.44. The summed E-state index contributed by atoms with van der Waals surface area (Å²) < 4.78 is 40.0. The lowest BCUT2D eigenvalue weighted by atomic mass is 10.1. The van der Waals surface area contributed by atoms with E-state index in [9.17, 15) is 13.2 Å². The maximum Gasteiger partial charge on any atom is 0.417 e. The molecule has 0 aliphatic carbocycles. The number of pyridine rings is 1. The molecule has 3 aromatic rings. The van der Waals surface area contributed by atoms with Gasteiger partial charge < -0.3 is 0 Å². The van der Waals surface area contributed by atoms with Gasteiger partial charge in [0.1, 0.15) is 0 Å². The number of aromatic nitrogens is 3. The number of thioether (sulfide) groups is 1. The second-order valence-electron chi connectivity index (χ2n) is 5.19. The Morgan fingerprint density at radius 3 is 2.58 bits per heavy atom. The molecule has 0 radical (unpaired) electrons. The molecule has 2 aromatic heterocycles. The van der Waals surface area contributed by atoms with Crippen LogP contribution in [0.2, 0.25) is 5.02 Å². The lowest BCUT2D eigenvalue weighted by molar-refractivity contribution is -0.137. The maximum atomic E-state index is 12.9. The van der Waals surface area contributed by atoms with Crippen molar-refractivity contribution in [1.29, 1.82) is 0 Å². The highest BCUT2D eigenvalue weighted by Gasteiger charge is 2.32. The Morgan fingerprint density at radius 1 is 1.12 bits per heavy atom. The molecule has 1 aromatic carbocycles. The molecule has 0 bridgehead atoms. The predicted octanol–water partition coefficient (Wildman–Crippen LogP) is 5.13. The molecular weight excluding hydrogens is 359 g/mol. The largest absolute Gasteiger partial charge is 0.417 e. The van der Waals surface area contributed by atoms with Gasteiger partial charge in [-0.1, -0.05) is 53.7 Å². The van der Waals surface area contributed by atoms with E-state index in [1.165, 1.54) is 21.7 Å². The highest BCUT2D eigenvalue weighted by Crippen LogP contribution is 2.33. The number of halogens is 4. The topological polar surface area (TPSA) is 30.2 Å². The van der Waals surface area contributed by atoms with Crippen molar-refractivity contribution in [1.82, 2.24) is 14.6 Å². The molecule has 0 amide bonds. The van der Waals surface area contributed by atoms with Crippen molar-refractivity contribution in [2.24, 2.45) is 0 Å². The zero-order valence-corrected chi connectivity index (χ0v) is 14.0. The number of hydrogen-bond acceptors (Lipinski definition) is 3. The van der Waals surface area contributed by atoms with Crippen molar-refractivity contribution in [3.05, 3.63) is 58.7 Å². The minimum Gasteiger partial charge on any atom is -0.276 e. The lowest BCUT2D eigenvalue weighted by Gasteiger charge is -2.08. The van der Waals surface area contributed by atoms with E-state index in [0.717, 1.165) is 30.9 Å². The van der Waals surface area contributed by atoms with Crippen molar-refractivity contribution >= 4 is 29.0 Å². The Bertz CT molecular complexity index is 834. The van der Waals surface area contributed by atoms with Gasteiger partial charge in [0.25, 0.3) is 0 Å². The van der Waals surface area contributed by atoms with Crippen molar-refractivity contribution in [2.75, 3.05) is 5.75 Å². The average molecular weight is 372 g/mol. The summed E-state index contributed by atoms with van der Waals surface area (Å²) in [4.78, 5) is 0. The van der Waals surface area contributed by atoms with Gasteiger partial charge >= 0.3 is 6.18 Å². The van der Waals surface area contributed by atoms with Gasteiger partial charge in [-0.3, -0.25) is 4.40 Å². The van der Waals surface area contributed by atoms with Gasteiger partial charge in [-0.15, -0.1) is 10.2 Å². The summed E-state index contributed by atoms with van der Waals surface area (Å²) in [5.41, 5.74) is 0.646. The van der Waals surface area contributed by atoms with Crippen molar-refractivity contribution in [2.45, 2.75) is 24.2 Å². The molecule has 0 atom stereocenters. The second kappa shape index (κ2) is 7.03. The summed E-state index contributed by atoms with van der Waals surface area (Å²) in [5.74, 6) is 0.726. The number of hydrogen-bond donors (Lipinski definition) is 0. The second-order valence-corrected chi connectivity index (χ2v) is 6.66. The predicted molar refractivity (Wildman–Crippen MR) is 88.5 cm³/mol. The van der Waals surface area contributed by atoms with E-state index in [1.54, 1.807) is 0 Å². The van der Waals surface area contributed by atoms with E-state index < -0.39 is 11.7 Å². The van der Waals surface area contributed by atoms with Gasteiger partial charge in [-0.05, 0) is 24.5 Å². The highest BCUT2D eigenvalue weighted by molar-refractivity contribution is 7.99. The van der Waals surface area contributed by atoms with E-state index in [2.05, 4.69) is 10.2 Å². The normalized spacial score (nSPS) is 12.0. The Kier molecular flexibility index (Phi) is 5.01. The first kappa shape index (κ1) is 17.1. The molecule has 0 aliphatic heterocycles. The summed E-state index contributed by atoms with van der Waals surface area (Å²) in [5, 5.41) is 8.17. The third-order valence-corrected chi connectivity index (χ3v) is 4.75. The van der Waals surface area contributed by atoms with Gasteiger partial charge in [0.15, 0.2) is 10.8 Å². The molecule has 0 unspecified atom stereocenters. The Labute approximate surface area is 145 Å². The molecular formula is C16H13ClF3N3S. The molecule has 3 nitrogen and oxygen atoms in total. The number of aryl methyl sites for hydroxylation is 1. The van der Waals surface area contributed by atoms with Crippen LogP contribution in [0, 0.1) is 0 Å². The van der Waals surface area contributed by atoms with Crippen LogP contribution in [0.1, 0.15) is 17.5 Å². The molecule has 24 heavy (non-hydrogen) atoms. The Hall–Kier alpha value is -1.73. The lowest BCUT2D eigenvalue weighted by Crippen LogP contribution is -2.07. The van der Waals surface area contributed by atoms with E-state index in [4.69, 9.17) is 11.6 Å². The standard InChI is InChI=1S/C16H13ClF3N3S/c17-13-9-12(16(18,19)20)10-23-14(13)21-22-15(23)24-8-4-7-11-5-2-1-3-6-11/h1-3,5-6,9-10H,4,7-8H2. The van der Waals surface area contributed by atoms with Gasteiger partial charge in [0.2, 0.25) is 0 Å². The van der Waals surface area contributed by atoms with Gasteiger partial charge in [-0.25, -0.2) is 0 Å². The fraction of sp³-hybridized carbons (Fsp3) is 0.250. The summed E-state index contributed by atoms with van der Waals surface area (Å²) in [6, 6.07) is 10.9. The minimum atomic E-state index is -4.46. The fourth-order valence-corrected chi connectivity index (χ4v) is 3.37. The van der Waals surface area contributed by atoms with Gasteiger partial charge in [0.05, 0.1) is 10.6 Å². The van der Waals surface area contributed by atoms with Crippen LogP contribution in [-0.2, 0) is 12.6 Å². The Morgan fingerprint density at radius 2 is 1.88 bits per heavy atom. The van der Waals surface area contributed by atoms with Crippen LogP contribution in [0.5, 0.6) is 0 Å². The monoisotopic (exact) mass is 371 g/mol. The molecule has 0 saturated carbocycles. The molecule has 126 valence electrons. The van der Waals surface area contributed by atoms with Gasteiger partial charge in [-0.2, -0.15) is 13.2 Å². The Balaban J connectivity index is 1.72. The number of benzene rings is 1. The zero-order valence-electron chi connectivity index (χ0n) is 12.4. The SMILES string of the molecule is FC(F)(F)c1cc(Cl)c2nnc(SCCCc3ccccc3)n2c1. The van der Waals surface area contributed by atoms with Crippen molar-refractivity contribution < 1.29 is 13.2 Å². The van der Waals surface area contributed by atoms with Crippen LogP contribution >= 0.6 is 23.4 Å². The van der Waals surface area contributed by atoms with Crippen LogP contribution in [0.15, 0.2) is 47.8 Å². The van der Waals surface area contributed by atoms with Crippen LogP contribution in [-0.4, -0.2) is 20.4 Å². The summed E-state index contributed by atoms with van der Waals surface area (Å²) in [7, 11) is 0. The van der Waals surface area contributed by atoms with E-state index in [-0.39, 0.29) is 10.7 Å². The summed E-state index contributed by atoms with van der Waals surface area (Å²) >= 11 is 7.26. The van der Waals surface area contributed by atoms with E-state index in [0.29, 0.717) is 5.16 Å². The van der Waals surface area contributed by atoms with Crippen molar-refractivity contribution in [3.63, 3.8) is 0 Å². The molecule has 0 spiro atoms. The average Bonchev–Trinajstić information content (AvgIpc) is 2.95. The quantitative estimate of drug-likeness (QED) is 0.460. The highest BCUT2D eigenvalue weighted by atomic mass is 35.5. The first-order chi connectivity index (χ1) is 11.4. The minimum absolute atomic E-state index is 0.0616. The van der Waals surface area contributed by atoms with E-state index in [1.807, 2.05) is 30.3 Å². The number of nitrogens with zero attached hydrogens (tertiary/aromatic N) is 3. The molecule has 3 rings (SSSR count). The molecule has 0 fully saturated rings. The number of alkyl halides is 3. The van der Waals surface area contributed by atoms with Crippen molar-refractivity contribution in [3.8, 4) is 0 Å². The molecule has 0 saturated heterocycles. The van der Waals surface area contributed by atoms with Crippen LogP contribution < -0.4 is 0 Å². The zero-order chi connectivity index (χ0) is 17.2. The van der Waals surface area contributed by atoms with E-state index >= 15 is 0 Å². The third kappa shape index (κ3) is 3.84. The van der Waals surface area contributed by atoms with Crippen LogP contribution in [0.3, 0.4) is 0 Å². The molecule has 8 heteroatoms. The maximum absolute atomic E-state index is 12.9. The van der Waals surface area contributed by atoms with Crippen LogP contribution in [0.4, 0.5) is 13.2 Å². The fourth-order valence-electron chi connectivity index (χ4n) is 2.27. The summed E-state index contributed by atoms with van der Waals surface area (Å²) in [6.45, 7) is 0. The molecule has 0 aliphatic rings. The van der Waals surface area contributed by atoms with Gasteiger partial charge in [0, 0.05) is 11.9 Å². The smallest absolute Gasteiger partial charge is 0.276 e. The number of fused-ring (bicyclic) bond motifs is 1. The molecule has 0 N–H and O–H groups in total. The first-order valence-corrected chi connectivity index (χ1v) is 8.60.